The Balaban J connectivity index is 1.14. The van der Waals surface area contributed by atoms with Crippen LogP contribution in [0.3, 0.4) is 0 Å². The summed E-state index contributed by atoms with van der Waals surface area (Å²) in [5.41, 5.74) is 6.24. The van der Waals surface area contributed by atoms with Crippen molar-refractivity contribution >= 4 is 17.8 Å². The minimum absolute atomic E-state index is 0.0848. The Kier molecular flexibility index (Phi) is 8.47. The number of methoxy groups -OCH3 is 1. The normalized spacial score (nSPS) is 11.0. The Labute approximate surface area is 246 Å². The Morgan fingerprint density at radius 2 is 1.79 bits per heavy atom. The summed E-state index contributed by atoms with van der Waals surface area (Å²) in [7, 11) is 1.47. The van der Waals surface area contributed by atoms with Crippen molar-refractivity contribution < 1.29 is 28.3 Å². The molecule has 0 atom stereocenters. The highest BCUT2D eigenvalue weighted by atomic mass is 16.6. The number of hydrogen-bond acceptors (Lipinski definition) is 9. The highest BCUT2D eigenvalue weighted by Gasteiger charge is 2.13. The smallest absolute Gasteiger partial charge is 0.307 e. The number of hydrogen-bond donors (Lipinski definition) is 1. The van der Waals surface area contributed by atoms with Crippen molar-refractivity contribution in [1.82, 2.24) is 15.0 Å². The Morgan fingerprint density at radius 1 is 1.02 bits per heavy atom. The molecule has 0 aliphatic heterocycles. The second-order valence-corrected chi connectivity index (χ2v) is 9.32. The van der Waals surface area contributed by atoms with Crippen LogP contribution in [-0.4, -0.2) is 33.7 Å². The first kappa shape index (κ1) is 28.6. The molecule has 0 saturated carbocycles. The van der Waals surface area contributed by atoms with E-state index in [1.807, 2.05) is 24.3 Å². The molecule has 5 aromatic rings. The number of carbonyl (C=O) groups is 1. The summed E-state index contributed by atoms with van der Waals surface area (Å²) in [6.07, 6.45) is 2.54. The zero-order valence-electron chi connectivity index (χ0n) is 23.5. The number of carbonyl (C=O) groups excluding carboxylic acids is 1. The molecule has 0 spiro atoms. The number of hydrazone groups is 1. The molecule has 1 amide bonds. The molecule has 0 saturated heterocycles. The second kappa shape index (κ2) is 12.7. The summed E-state index contributed by atoms with van der Waals surface area (Å²) >= 11 is 0. The van der Waals surface area contributed by atoms with Crippen molar-refractivity contribution in [3.8, 4) is 28.8 Å². The van der Waals surface area contributed by atoms with Crippen LogP contribution in [0.2, 0.25) is 0 Å². The lowest BCUT2D eigenvalue weighted by Crippen LogP contribution is -2.16. The maximum Gasteiger partial charge on any atom is 0.307 e. The summed E-state index contributed by atoms with van der Waals surface area (Å²) in [6, 6.07) is 22.8. The van der Waals surface area contributed by atoms with E-state index in [0.717, 1.165) is 23.3 Å². The largest absolute Gasteiger partial charge is 0.493 e. The van der Waals surface area contributed by atoms with E-state index in [4.69, 9.17) is 18.6 Å². The number of benzene rings is 2. The van der Waals surface area contributed by atoms with E-state index in [0.29, 0.717) is 28.6 Å². The van der Waals surface area contributed by atoms with Crippen molar-refractivity contribution in [2.75, 3.05) is 7.11 Å². The fraction of sp³-hybridized carbons (Fsp3) is 0.129. The quantitative estimate of drug-likeness (QED) is 0.111. The molecule has 0 unspecified atom stereocenters. The van der Waals surface area contributed by atoms with Crippen LogP contribution in [0.4, 0.5) is 5.69 Å². The second-order valence-electron chi connectivity index (χ2n) is 9.32. The van der Waals surface area contributed by atoms with Gasteiger partial charge in [-0.3, -0.25) is 14.9 Å². The zero-order valence-corrected chi connectivity index (χ0v) is 23.5. The van der Waals surface area contributed by atoms with Gasteiger partial charge in [0.15, 0.2) is 17.3 Å². The third-order valence-electron chi connectivity index (χ3n) is 6.35. The van der Waals surface area contributed by atoms with E-state index < -0.39 is 10.8 Å². The van der Waals surface area contributed by atoms with Gasteiger partial charge in [0.25, 0.3) is 5.69 Å². The van der Waals surface area contributed by atoms with Gasteiger partial charge in [-0.25, -0.2) is 10.4 Å². The van der Waals surface area contributed by atoms with E-state index in [2.05, 4.69) is 46.1 Å². The average molecular weight is 582 g/mol. The van der Waals surface area contributed by atoms with Crippen LogP contribution in [0.5, 0.6) is 23.1 Å². The predicted octanol–water partition coefficient (Wildman–Crippen LogP) is 6.13. The molecule has 0 bridgehead atoms. The molecule has 218 valence electrons. The van der Waals surface area contributed by atoms with E-state index in [-0.39, 0.29) is 23.9 Å². The third-order valence-corrected chi connectivity index (χ3v) is 6.35. The number of ether oxygens (including phenoxy) is 3. The summed E-state index contributed by atoms with van der Waals surface area (Å²) < 4.78 is 24.6. The summed E-state index contributed by atoms with van der Waals surface area (Å²) in [5.74, 6) is 1.60. The van der Waals surface area contributed by atoms with Crippen LogP contribution in [-0.2, 0) is 6.61 Å². The molecule has 43 heavy (non-hydrogen) atoms. The van der Waals surface area contributed by atoms with Gasteiger partial charge in [0.05, 0.1) is 18.2 Å². The average Bonchev–Trinajstić information content (AvgIpc) is 3.63. The molecule has 12 nitrogen and oxygen atoms in total. The molecule has 0 fully saturated rings. The Morgan fingerprint density at radius 3 is 2.47 bits per heavy atom. The maximum absolute atomic E-state index is 12.5. The first-order valence-corrected chi connectivity index (χ1v) is 13.1. The standard InChI is InChI=1S/C31H27N5O7/c1-20-4-5-21(2)35(20)23-7-10-25(11-8-23)41-19-26-12-14-28(42-26)31(37)34-33-17-22-6-13-27(29(16-22)40-3)43-30-15-9-24(18-32-30)36(38)39/h4-18H,19H2,1-3H3,(H,34,37)/b33-17+. The highest BCUT2D eigenvalue weighted by Crippen LogP contribution is 2.31. The van der Waals surface area contributed by atoms with Crippen LogP contribution in [0.25, 0.3) is 5.69 Å². The van der Waals surface area contributed by atoms with Gasteiger partial charge in [-0.15, -0.1) is 0 Å². The molecule has 0 aliphatic carbocycles. The Bertz CT molecular complexity index is 1750. The lowest BCUT2D eigenvalue weighted by molar-refractivity contribution is -0.385. The topological polar surface area (TPSA) is 143 Å². The lowest BCUT2D eigenvalue weighted by Gasteiger charge is -2.10. The van der Waals surface area contributed by atoms with Crippen molar-refractivity contribution in [3.05, 3.63) is 124 Å². The van der Waals surface area contributed by atoms with Gasteiger partial charge in [-0.1, -0.05) is 0 Å². The number of aromatic nitrogens is 2. The minimum atomic E-state index is -0.544. The zero-order chi connectivity index (χ0) is 30.3. The fourth-order valence-corrected chi connectivity index (χ4v) is 4.22. The van der Waals surface area contributed by atoms with Crippen LogP contribution in [0, 0.1) is 24.0 Å². The molecule has 1 N–H and O–H groups in total. The lowest BCUT2D eigenvalue weighted by atomic mass is 10.2. The predicted molar refractivity (Wildman–Crippen MR) is 157 cm³/mol. The summed E-state index contributed by atoms with van der Waals surface area (Å²) in [4.78, 5) is 26.7. The number of rotatable bonds is 11. The molecule has 2 aromatic carbocycles. The van der Waals surface area contributed by atoms with Crippen LogP contribution < -0.4 is 19.6 Å². The molecular weight excluding hydrogens is 554 g/mol. The van der Waals surface area contributed by atoms with Gasteiger partial charge < -0.3 is 23.2 Å². The number of nitrogens with zero attached hydrogens (tertiary/aromatic N) is 4. The van der Waals surface area contributed by atoms with Crippen LogP contribution >= 0.6 is 0 Å². The van der Waals surface area contributed by atoms with Gasteiger partial charge in [-0.05, 0) is 86.1 Å². The summed E-state index contributed by atoms with van der Waals surface area (Å²) in [6.45, 7) is 4.27. The highest BCUT2D eigenvalue weighted by molar-refractivity contribution is 5.92. The van der Waals surface area contributed by atoms with Gasteiger partial charge in [-0.2, -0.15) is 5.10 Å². The van der Waals surface area contributed by atoms with Crippen LogP contribution in [0.1, 0.15) is 33.3 Å². The van der Waals surface area contributed by atoms with E-state index >= 15 is 0 Å². The van der Waals surface area contributed by atoms with Gasteiger partial charge in [0, 0.05) is 29.2 Å². The monoisotopic (exact) mass is 581 g/mol. The molecule has 3 aromatic heterocycles. The van der Waals surface area contributed by atoms with Crippen molar-refractivity contribution in [3.63, 3.8) is 0 Å². The first-order chi connectivity index (χ1) is 20.8. The van der Waals surface area contributed by atoms with Gasteiger partial charge in [0.2, 0.25) is 5.88 Å². The molecule has 0 aliphatic rings. The number of pyridine rings is 1. The van der Waals surface area contributed by atoms with Crippen LogP contribution in [0.15, 0.2) is 94.6 Å². The van der Waals surface area contributed by atoms with Crippen molar-refractivity contribution in [1.29, 1.82) is 0 Å². The number of furan rings is 1. The molecule has 5 rings (SSSR count). The van der Waals surface area contributed by atoms with Gasteiger partial charge >= 0.3 is 5.91 Å². The molecule has 3 heterocycles. The molecular formula is C31H27N5O7. The number of amides is 1. The van der Waals surface area contributed by atoms with Gasteiger partial charge in [0.1, 0.15) is 24.3 Å². The van der Waals surface area contributed by atoms with E-state index in [9.17, 15) is 14.9 Å². The first-order valence-electron chi connectivity index (χ1n) is 13.1. The van der Waals surface area contributed by atoms with E-state index in [1.54, 1.807) is 30.3 Å². The summed E-state index contributed by atoms with van der Waals surface area (Å²) in [5, 5.41) is 14.8. The third kappa shape index (κ3) is 6.88. The maximum atomic E-state index is 12.5. The minimum Gasteiger partial charge on any atom is -0.493 e. The fourth-order valence-electron chi connectivity index (χ4n) is 4.22. The number of nitrogens with one attached hydrogen (secondary N) is 1. The number of aryl methyl sites for hydroxylation is 2. The Hall–Kier alpha value is -5.91. The van der Waals surface area contributed by atoms with Crippen molar-refractivity contribution in [2.45, 2.75) is 20.5 Å². The SMILES string of the molecule is COc1cc(/C=N/NC(=O)c2ccc(COc3ccc(-n4c(C)ccc4C)cc3)o2)ccc1Oc1ccc([N+](=O)[O-])cn1. The molecule has 0 radical (unpaired) electrons. The molecule has 12 heteroatoms. The number of nitro groups is 1. The van der Waals surface area contributed by atoms with E-state index in [1.165, 1.54) is 25.5 Å². The van der Waals surface area contributed by atoms with Crippen molar-refractivity contribution in [2.24, 2.45) is 5.10 Å².